The van der Waals surface area contributed by atoms with Gasteiger partial charge in [-0.2, -0.15) is 0 Å². The molecule has 0 spiro atoms. The molecule has 0 radical (unpaired) electrons. The van der Waals surface area contributed by atoms with Gasteiger partial charge in [0.1, 0.15) is 0 Å². The largest absolute Gasteiger partial charge is 0.326 e. The number of aryl methyl sites for hydroxylation is 1. The van der Waals surface area contributed by atoms with Crippen molar-refractivity contribution in [3.05, 3.63) is 29.8 Å². The van der Waals surface area contributed by atoms with Crippen LogP contribution in [-0.2, 0) is 11.2 Å². The number of para-hydroxylation sites is 1. The Morgan fingerprint density at radius 1 is 1.42 bits per heavy atom. The van der Waals surface area contributed by atoms with Crippen molar-refractivity contribution in [3.8, 4) is 0 Å². The van der Waals surface area contributed by atoms with Crippen molar-refractivity contribution >= 4 is 11.6 Å². The average molecular weight is 260 g/mol. The first kappa shape index (κ1) is 14.1. The SMILES string of the molecule is CCCc1ccccc1NC(=O)CCC1CCCN1. The van der Waals surface area contributed by atoms with Gasteiger partial charge >= 0.3 is 0 Å². The van der Waals surface area contributed by atoms with E-state index in [0.717, 1.165) is 31.5 Å². The highest BCUT2D eigenvalue weighted by atomic mass is 16.1. The molecule has 1 amide bonds. The van der Waals surface area contributed by atoms with Crippen LogP contribution in [0.1, 0.15) is 44.6 Å². The van der Waals surface area contributed by atoms with Gasteiger partial charge in [-0.1, -0.05) is 31.5 Å². The van der Waals surface area contributed by atoms with Gasteiger partial charge in [-0.05, 0) is 43.9 Å². The fourth-order valence-corrected chi connectivity index (χ4v) is 2.65. The number of hydrogen-bond acceptors (Lipinski definition) is 2. The van der Waals surface area contributed by atoms with Gasteiger partial charge in [-0.3, -0.25) is 4.79 Å². The van der Waals surface area contributed by atoms with E-state index >= 15 is 0 Å². The maximum atomic E-state index is 12.0. The Labute approximate surface area is 115 Å². The molecule has 1 aromatic carbocycles. The van der Waals surface area contributed by atoms with E-state index in [0.29, 0.717) is 12.5 Å². The average Bonchev–Trinajstić information content (AvgIpc) is 2.92. The first-order valence-corrected chi connectivity index (χ1v) is 7.40. The van der Waals surface area contributed by atoms with Crippen LogP contribution in [0.4, 0.5) is 5.69 Å². The molecule has 0 aromatic heterocycles. The third kappa shape index (κ3) is 4.35. The summed E-state index contributed by atoms with van der Waals surface area (Å²) in [5, 5.41) is 6.48. The van der Waals surface area contributed by atoms with Gasteiger partial charge < -0.3 is 10.6 Å². The van der Waals surface area contributed by atoms with Crippen LogP contribution < -0.4 is 10.6 Å². The molecule has 1 aliphatic heterocycles. The Kier molecular flexibility index (Phi) is 5.40. The fourth-order valence-electron chi connectivity index (χ4n) is 2.65. The summed E-state index contributed by atoms with van der Waals surface area (Å²) in [6.45, 7) is 3.26. The van der Waals surface area contributed by atoms with Crippen LogP contribution in [0.3, 0.4) is 0 Å². The zero-order valence-electron chi connectivity index (χ0n) is 11.7. The number of benzene rings is 1. The van der Waals surface area contributed by atoms with E-state index in [2.05, 4.69) is 23.6 Å². The molecule has 1 aromatic rings. The standard InChI is InChI=1S/C16H24N2O/c1-2-6-13-7-3-4-9-15(13)18-16(19)11-10-14-8-5-12-17-14/h3-4,7,9,14,17H,2,5-6,8,10-12H2,1H3,(H,18,19). The predicted octanol–water partition coefficient (Wildman–Crippen LogP) is 3.11. The van der Waals surface area contributed by atoms with Gasteiger partial charge in [0.2, 0.25) is 5.91 Å². The lowest BCUT2D eigenvalue weighted by molar-refractivity contribution is -0.116. The number of anilines is 1. The topological polar surface area (TPSA) is 41.1 Å². The van der Waals surface area contributed by atoms with Gasteiger partial charge in [0.05, 0.1) is 0 Å². The molecule has 3 nitrogen and oxygen atoms in total. The number of nitrogens with one attached hydrogen (secondary N) is 2. The minimum atomic E-state index is 0.136. The van der Waals surface area contributed by atoms with Crippen LogP contribution >= 0.6 is 0 Å². The second kappa shape index (κ2) is 7.29. The summed E-state index contributed by atoms with van der Waals surface area (Å²) >= 11 is 0. The van der Waals surface area contributed by atoms with E-state index in [1.54, 1.807) is 0 Å². The second-order valence-electron chi connectivity index (χ2n) is 5.29. The first-order chi connectivity index (χ1) is 9.29. The van der Waals surface area contributed by atoms with Gasteiger partial charge in [-0.15, -0.1) is 0 Å². The number of hydrogen-bond donors (Lipinski definition) is 2. The third-order valence-corrected chi connectivity index (χ3v) is 3.69. The van der Waals surface area contributed by atoms with E-state index in [-0.39, 0.29) is 5.91 Å². The highest BCUT2D eigenvalue weighted by Gasteiger charge is 2.15. The molecule has 2 rings (SSSR count). The van der Waals surface area contributed by atoms with Crippen LogP contribution in [0.5, 0.6) is 0 Å². The van der Waals surface area contributed by atoms with Crippen molar-refractivity contribution < 1.29 is 4.79 Å². The molecule has 1 unspecified atom stereocenters. The lowest BCUT2D eigenvalue weighted by atomic mass is 10.1. The van der Waals surface area contributed by atoms with E-state index in [9.17, 15) is 4.79 Å². The van der Waals surface area contributed by atoms with Gasteiger partial charge in [0.25, 0.3) is 0 Å². The van der Waals surface area contributed by atoms with Crippen molar-refractivity contribution in [1.29, 1.82) is 0 Å². The predicted molar refractivity (Wildman–Crippen MR) is 79.3 cm³/mol. The first-order valence-electron chi connectivity index (χ1n) is 7.40. The lowest BCUT2D eigenvalue weighted by Crippen LogP contribution is -2.23. The molecule has 1 saturated heterocycles. The summed E-state index contributed by atoms with van der Waals surface area (Å²) in [6, 6.07) is 8.64. The van der Waals surface area contributed by atoms with E-state index < -0.39 is 0 Å². The van der Waals surface area contributed by atoms with Crippen molar-refractivity contribution in [2.45, 2.75) is 51.5 Å². The van der Waals surface area contributed by atoms with Crippen molar-refractivity contribution in [1.82, 2.24) is 5.32 Å². The number of carbonyl (C=O) groups excluding carboxylic acids is 1. The number of rotatable bonds is 6. The molecule has 104 valence electrons. The number of carbonyl (C=O) groups is 1. The summed E-state index contributed by atoms with van der Waals surface area (Å²) in [7, 11) is 0. The van der Waals surface area contributed by atoms with E-state index in [1.165, 1.54) is 18.4 Å². The van der Waals surface area contributed by atoms with Crippen LogP contribution in [0.2, 0.25) is 0 Å². The highest BCUT2D eigenvalue weighted by Crippen LogP contribution is 2.18. The summed E-state index contributed by atoms with van der Waals surface area (Å²) in [4.78, 5) is 12.0. The quantitative estimate of drug-likeness (QED) is 0.825. The van der Waals surface area contributed by atoms with Crippen LogP contribution in [0, 0.1) is 0 Å². The Bertz CT molecular complexity index is 411. The van der Waals surface area contributed by atoms with Gasteiger partial charge in [-0.25, -0.2) is 0 Å². The van der Waals surface area contributed by atoms with Crippen LogP contribution in [-0.4, -0.2) is 18.5 Å². The molecule has 0 saturated carbocycles. The van der Waals surface area contributed by atoms with Crippen LogP contribution in [0.15, 0.2) is 24.3 Å². The highest BCUT2D eigenvalue weighted by molar-refractivity contribution is 5.91. The third-order valence-electron chi connectivity index (χ3n) is 3.69. The molecular formula is C16H24N2O. The smallest absolute Gasteiger partial charge is 0.224 e. The summed E-state index contributed by atoms with van der Waals surface area (Å²) < 4.78 is 0. The lowest BCUT2D eigenvalue weighted by Gasteiger charge is -2.12. The maximum absolute atomic E-state index is 12.0. The molecule has 19 heavy (non-hydrogen) atoms. The normalized spacial score (nSPS) is 18.5. The molecular weight excluding hydrogens is 236 g/mol. The Morgan fingerprint density at radius 3 is 3.00 bits per heavy atom. The van der Waals surface area contributed by atoms with E-state index in [1.807, 2.05) is 18.2 Å². The molecule has 2 N–H and O–H groups in total. The molecule has 1 aliphatic rings. The summed E-state index contributed by atoms with van der Waals surface area (Å²) in [5.41, 5.74) is 2.21. The summed E-state index contributed by atoms with van der Waals surface area (Å²) in [5.74, 6) is 0.136. The molecule has 1 atom stereocenters. The minimum Gasteiger partial charge on any atom is -0.326 e. The maximum Gasteiger partial charge on any atom is 0.224 e. The fraction of sp³-hybridized carbons (Fsp3) is 0.562. The Hall–Kier alpha value is -1.35. The van der Waals surface area contributed by atoms with Crippen molar-refractivity contribution in [2.75, 3.05) is 11.9 Å². The number of amides is 1. The Balaban J connectivity index is 1.83. The minimum absolute atomic E-state index is 0.136. The molecule has 0 bridgehead atoms. The van der Waals surface area contributed by atoms with E-state index in [4.69, 9.17) is 0 Å². The summed E-state index contributed by atoms with van der Waals surface area (Å²) in [6.07, 6.45) is 6.12. The molecule has 3 heteroatoms. The van der Waals surface area contributed by atoms with Gasteiger partial charge in [0, 0.05) is 18.2 Å². The monoisotopic (exact) mass is 260 g/mol. The van der Waals surface area contributed by atoms with Crippen molar-refractivity contribution in [3.63, 3.8) is 0 Å². The zero-order valence-corrected chi connectivity index (χ0v) is 11.7. The second-order valence-corrected chi connectivity index (χ2v) is 5.29. The molecule has 1 heterocycles. The van der Waals surface area contributed by atoms with Crippen LogP contribution in [0.25, 0.3) is 0 Å². The molecule has 0 aliphatic carbocycles. The van der Waals surface area contributed by atoms with Crippen molar-refractivity contribution in [2.24, 2.45) is 0 Å². The van der Waals surface area contributed by atoms with Gasteiger partial charge in [0.15, 0.2) is 0 Å². The Morgan fingerprint density at radius 2 is 2.26 bits per heavy atom. The molecule has 1 fully saturated rings. The zero-order chi connectivity index (χ0) is 13.5.